The lowest BCUT2D eigenvalue weighted by molar-refractivity contribution is -0.129. The van der Waals surface area contributed by atoms with Gasteiger partial charge in [0.2, 0.25) is 5.91 Å². The van der Waals surface area contributed by atoms with Gasteiger partial charge in [-0.1, -0.05) is 17.7 Å². The molecule has 1 amide bonds. The van der Waals surface area contributed by atoms with Crippen LogP contribution in [0.2, 0.25) is 0 Å². The maximum absolute atomic E-state index is 11.8. The highest BCUT2D eigenvalue weighted by Crippen LogP contribution is 2.13. The summed E-state index contributed by atoms with van der Waals surface area (Å²) in [7, 11) is 3.72. The van der Waals surface area contributed by atoms with Crippen LogP contribution < -0.4 is 4.90 Å². The van der Waals surface area contributed by atoms with Crippen LogP contribution in [0.5, 0.6) is 0 Å². The minimum Gasteiger partial charge on any atom is -0.374 e. The Morgan fingerprint density at radius 2 is 1.84 bits per heavy atom. The Labute approximate surface area is 115 Å². The second-order valence-electron chi connectivity index (χ2n) is 4.73. The number of nitrogens with zero attached hydrogens (tertiary/aromatic N) is 3. The molecule has 0 N–H and O–H groups in total. The van der Waals surface area contributed by atoms with Crippen LogP contribution in [0.3, 0.4) is 0 Å². The van der Waals surface area contributed by atoms with Crippen LogP contribution in [0, 0.1) is 18.3 Å². The highest BCUT2D eigenvalue weighted by Gasteiger charge is 2.09. The Morgan fingerprint density at radius 1 is 1.21 bits per heavy atom. The van der Waals surface area contributed by atoms with Gasteiger partial charge in [0, 0.05) is 39.3 Å². The Morgan fingerprint density at radius 3 is 2.42 bits per heavy atom. The number of nitriles is 1. The quantitative estimate of drug-likeness (QED) is 0.786. The minimum atomic E-state index is 0.0780. The predicted octanol–water partition coefficient (Wildman–Crippen LogP) is 2.19. The highest BCUT2D eigenvalue weighted by atomic mass is 16.2. The molecule has 102 valence electrons. The van der Waals surface area contributed by atoms with Crippen molar-refractivity contribution in [2.45, 2.75) is 19.8 Å². The van der Waals surface area contributed by atoms with Gasteiger partial charge in [0.05, 0.1) is 12.5 Å². The molecule has 0 aliphatic carbocycles. The highest BCUT2D eigenvalue weighted by molar-refractivity contribution is 5.76. The predicted molar refractivity (Wildman–Crippen MR) is 76.9 cm³/mol. The van der Waals surface area contributed by atoms with Gasteiger partial charge in [0.15, 0.2) is 0 Å². The molecule has 1 aromatic rings. The fourth-order valence-electron chi connectivity index (χ4n) is 1.72. The summed E-state index contributed by atoms with van der Waals surface area (Å²) in [5.74, 6) is 0.0780. The lowest BCUT2D eigenvalue weighted by Crippen LogP contribution is -2.31. The van der Waals surface area contributed by atoms with Crippen LogP contribution in [0.1, 0.15) is 18.4 Å². The fraction of sp³-hybridized carbons (Fsp3) is 0.467. The van der Waals surface area contributed by atoms with E-state index in [0.29, 0.717) is 25.9 Å². The number of rotatable bonds is 6. The Kier molecular flexibility index (Phi) is 5.87. The van der Waals surface area contributed by atoms with Crippen LogP contribution in [0.15, 0.2) is 24.3 Å². The topological polar surface area (TPSA) is 47.3 Å². The van der Waals surface area contributed by atoms with Crippen molar-refractivity contribution in [1.29, 1.82) is 5.26 Å². The summed E-state index contributed by atoms with van der Waals surface area (Å²) in [4.78, 5) is 15.5. The lowest BCUT2D eigenvalue weighted by atomic mass is 10.2. The molecule has 0 aromatic heterocycles. The number of anilines is 1. The van der Waals surface area contributed by atoms with E-state index < -0.39 is 0 Å². The van der Waals surface area contributed by atoms with Crippen molar-refractivity contribution in [1.82, 2.24) is 4.90 Å². The number of benzene rings is 1. The van der Waals surface area contributed by atoms with E-state index >= 15 is 0 Å². The number of carbonyl (C=O) groups excluding carboxylic acids is 1. The summed E-state index contributed by atoms with van der Waals surface area (Å²) in [6.45, 7) is 3.24. The first-order valence-electron chi connectivity index (χ1n) is 6.43. The summed E-state index contributed by atoms with van der Waals surface area (Å²) in [6, 6.07) is 10.3. The molecule has 19 heavy (non-hydrogen) atoms. The van der Waals surface area contributed by atoms with Crippen LogP contribution in [-0.4, -0.2) is 38.0 Å². The number of amides is 1. The minimum absolute atomic E-state index is 0.0780. The SMILES string of the molecule is Cc1ccc(N(C)CCC(=O)N(C)CCC#N)cc1. The Balaban J connectivity index is 2.41. The van der Waals surface area contributed by atoms with E-state index in [1.54, 1.807) is 11.9 Å². The molecule has 0 unspecified atom stereocenters. The second kappa shape index (κ2) is 7.42. The summed E-state index contributed by atoms with van der Waals surface area (Å²) >= 11 is 0. The molecule has 4 heteroatoms. The van der Waals surface area contributed by atoms with E-state index in [9.17, 15) is 4.79 Å². The van der Waals surface area contributed by atoms with E-state index in [1.807, 2.05) is 13.1 Å². The first kappa shape index (κ1) is 15.0. The maximum Gasteiger partial charge on any atom is 0.224 e. The first-order valence-corrected chi connectivity index (χ1v) is 6.43. The molecule has 1 rings (SSSR count). The van der Waals surface area contributed by atoms with Gasteiger partial charge in [0.25, 0.3) is 0 Å². The molecule has 0 spiro atoms. The molecule has 0 aliphatic rings. The zero-order valence-corrected chi connectivity index (χ0v) is 11.9. The third-order valence-electron chi connectivity index (χ3n) is 3.12. The molecule has 4 nitrogen and oxygen atoms in total. The van der Waals surface area contributed by atoms with E-state index in [2.05, 4.69) is 36.1 Å². The molecule has 0 fully saturated rings. The van der Waals surface area contributed by atoms with E-state index in [1.165, 1.54) is 5.56 Å². The lowest BCUT2D eigenvalue weighted by Gasteiger charge is -2.21. The number of hydrogen-bond donors (Lipinski definition) is 0. The van der Waals surface area contributed by atoms with Gasteiger partial charge in [-0.3, -0.25) is 4.79 Å². The van der Waals surface area contributed by atoms with E-state index in [0.717, 1.165) is 5.69 Å². The summed E-state index contributed by atoms with van der Waals surface area (Å²) < 4.78 is 0. The van der Waals surface area contributed by atoms with Crippen molar-refractivity contribution < 1.29 is 4.79 Å². The van der Waals surface area contributed by atoms with E-state index in [-0.39, 0.29) is 5.91 Å². The number of hydrogen-bond acceptors (Lipinski definition) is 3. The zero-order valence-electron chi connectivity index (χ0n) is 11.9. The Hall–Kier alpha value is -2.02. The molecule has 0 saturated heterocycles. The molecule has 1 aromatic carbocycles. The molecule has 0 bridgehead atoms. The van der Waals surface area contributed by atoms with Gasteiger partial charge >= 0.3 is 0 Å². The average molecular weight is 259 g/mol. The van der Waals surface area contributed by atoms with Crippen LogP contribution in [0.25, 0.3) is 0 Å². The normalized spacial score (nSPS) is 9.79. The molecular formula is C15H21N3O. The monoisotopic (exact) mass is 259 g/mol. The Bertz CT molecular complexity index is 447. The number of aryl methyl sites for hydroxylation is 1. The average Bonchev–Trinajstić information content (AvgIpc) is 2.42. The third-order valence-corrected chi connectivity index (χ3v) is 3.12. The molecule has 0 heterocycles. The van der Waals surface area contributed by atoms with Crippen molar-refractivity contribution in [3.8, 4) is 6.07 Å². The number of carbonyl (C=O) groups is 1. The van der Waals surface area contributed by atoms with Crippen molar-refractivity contribution in [2.75, 3.05) is 32.1 Å². The van der Waals surface area contributed by atoms with Crippen molar-refractivity contribution in [3.63, 3.8) is 0 Å². The molecule has 0 aliphatic heterocycles. The fourth-order valence-corrected chi connectivity index (χ4v) is 1.72. The van der Waals surface area contributed by atoms with Crippen LogP contribution in [0.4, 0.5) is 5.69 Å². The molecule has 0 saturated carbocycles. The van der Waals surface area contributed by atoms with Gasteiger partial charge in [-0.05, 0) is 19.1 Å². The van der Waals surface area contributed by atoms with Crippen LogP contribution >= 0.6 is 0 Å². The van der Waals surface area contributed by atoms with Crippen LogP contribution in [-0.2, 0) is 4.79 Å². The van der Waals surface area contributed by atoms with Crippen molar-refractivity contribution in [2.24, 2.45) is 0 Å². The second-order valence-corrected chi connectivity index (χ2v) is 4.73. The van der Waals surface area contributed by atoms with Gasteiger partial charge in [-0.25, -0.2) is 0 Å². The first-order chi connectivity index (χ1) is 9.04. The standard InChI is InChI=1S/C15H21N3O/c1-13-5-7-14(8-6-13)17(2)12-9-15(19)18(3)11-4-10-16/h5-8H,4,9,11-12H2,1-3H3. The molecule has 0 radical (unpaired) electrons. The molecular weight excluding hydrogens is 238 g/mol. The van der Waals surface area contributed by atoms with Gasteiger partial charge in [-0.2, -0.15) is 5.26 Å². The largest absolute Gasteiger partial charge is 0.374 e. The van der Waals surface area contributed by atoms with Gasteiger partial charge < -0.3 is 9.80 Å². The van der Waals surface area contributed by atoms with Gasteiger partial charge in [-0.15, -0.1) is 0 Å². The zero-order chi connectivity index (χ0) is 14.3. The summed E-state index contributed by atoms with van der Waals surface area (Å²) in [6.07, 6.45) is 0.850. The van der Waals surface area contributed by atoms with Gasteiger partial charge in [0.1, 0.15) is 0 Å². The molecule has 0 atom stereocenters. The summed E-state index contributed by atoms with van der Waals surface area (Å²) in [5.41, 5.74) is 2.34. The van der Waals surface area contributed by atoms with Crippen molar-refractivity contribution in [3.05, 3.63) is 29.8 Å². The van der Waals surface area contributed by atoms with E-state index in [4.69, 9.17) is 5.26 Å². The third kappa shape index (κ3) is 5.01. The van der Waals surface area contributed by atoms with Crippen molar-refractivity contribution >= 4 is 11.6 Å². The summed E-state index contributed by atoms with van der Waals surface area (Å²) in [5, 5.41) is 8.49. The maximum atomic E-state index is 11.8. The smallest absolute Gasteiger partial charge is 0.224 e.